The van der Waals surface area contributed by atoms with Gasteiger partial charge < -0.3 is 19.3 Å². The van der Waals surface area contributed by atoms with Crippen LogP contribution in [0.1, 0.15) is 40.4 Å². The maximum atomic E-state index is 11.3. The number of anilines is 1. The van der Waals surface area contributed by atoms with Crippen molar-refractivity contribution in [3.8, 4) is 11.3 Å². The van der Waals surface area contributed by atoms with Gasteiger partial charge in [-0.1, -0.05) is 45.8 Å². The molecule has 3 heterocycles. The Bertz CT molecular complexity index is 1480. The van der Waals surface area contributed by atoms with Crippen LogP contribution in [0.4, 0.5) is 5.13 Å². The van der Waals surface area contributed by atoms with Crippen molar-refractivity contribution in [2.45, 2.75) is 31.5 Å². The largest absolute Gasteiger partial charge is 0.478 e. The smallest absolute Gasteiger partial charge is 0.335 e. The monoisotopic (exact) mass is 541 g/mol. The fourth-order valence-electron chi connectivity index (χ4n) is 5.28. The first-order chi connectivity index (χ1) is 17.5. The van der Waals surface area contributed by atoms with Gasteiger partial charge in [-0.05, 0) is 43.2 Å². The van der Waals surface area contributed by atoms with Crippen molar-refractivity contribution in [3.05, 3.63) is 63.3 Å². The molecule has 7 nitrogen and oxygen atoms in total. The SMILES string of the molecule is O=C(O)c1ccc2nc(N3CC4C(C3)C4OCc3c(-c4c(Cl)cccc4Cl)noc3C3CC3)sc2c1. The lowest BCUT2D eigenvalue weighted by Gasteiger charge is -2.19. The predicted octanol–water partition coefficient (Wildman–Crippen LogP) is 6.49. The second kappa shape index (κ2) is 8.45. The van der Waals surface area contributed by atoms with Crippen LogP contribution in [-0.2, 0) is 11.3 Å². The zero-order chi connectivity index (χ0) is 24.6. The normalized spacial score (nSPS) is 22.8. The molecule has 2 unspecified atom stereocenters. The molecule has 0 bridgehead atoms. The van der Waals surface area contributed by atoms with Crippen molar-refractivity contribution >= 4 is 55.9 Å². The molecule has 0 radical (unpaired) electrons. The van der Waals surface area contributed by atoms with Crippen LogP contribution in [0.15, 0.2) is 40.9 Å². The number of carbonyl (C=O) groups is 1. The molecule has 3 fully saturated rings. The Hall–Kier alpha value is -2.65. The van der Waals surface area contributed by atoms with E-state index in [4.69, 9.17) is 37.4 Å². The van der Waals surface area contributed by atoms with Crippen LogP contribution in [-0.4, -0.2) is 40.4 Å². The number of nitrogens with zero attached hydrogens (tertiary/aromatic N) is 3. The first-order valence-corrected chi connectivity index (χ1v) is 13.5. The molecule has 1 saturated heterocycles. The Morgan fingerprint density at radius 3 is 2.61 bits per heavy atom. The van der Waals surface area contributed by atoms with Crippen molar-refractivity contribution in [2.24, 2.45) is 11.8 Å². The Morgan fingerprint density at radius 2 is 1.92 bits per heavy atom. The molecular weight excluding hydrogens is 521 g/mol. The number of fused-ring (bicyclic) bond motifs is 2. The van der Waals surface area contributed by atoms with Gasteiger partial charge in [-0.15, -0.1) is 0 Å². The minimum atomic E-state index is -0.924. The highest BCUT2D eigenvalue weighted by molar-refractivity contribution is 7.22. The number of hydrogen-bond donors (Lipinski definition) is 1. The topological polar surface area (TPSA) is 88.7 Å². The van der Waals surface area contributed by atoms with Crippen LogP contribution >= 0.6 is 34.5 Å². The van der Waals surface area contributed by atoms with Crippen molar-refractivity contribution < 1.29 is 19.2 Å². The van der Waals surface area contributed by atoms with E-state index in [1.807, 2.05) is 18.2 Å². The number of piperidine rings is 1. The Balaban J connectivity index is 1.05. The summed E-state index contributed by atoms with van der Waals surface area (Å²) in [6, 6.07) is 10.5. The van der Waals surface area contributed by atoms with E-state index in [0.29, 0.717) is 45.7 Å². The summed E-state index contributed by atoms with van der Waals surface area (Å²) in [4.78, 5) is 18.3. The molecule has 0 spiro atoms. The summed E-state index contributed by atoms with van der Waals surface area (Å²) in [6.45, 7) is 2.18. The van der Waals surface area contributed by atoms with Crippen LogP contribution in [0.3, 0.4) is 0 Å². The number of halogens is 2. The summed E-state index contributed by atoms with van der Waals surface area (Å²) in [5.41, 5.74) is 3.44. The van der Waals surface area contributed by atoms with Crippen molar-refractivity contribution in [2.75, 3.05) is 18.0 Å². The fraction of sp³-hybridized carbons (Fsp3) is 0.346. The van der Waals surface area contributed by atoms with Gasteiger partial charge in [-0.2, -0.15) is 0 Å². The first-order valence-electron chi connectivity index (χ1n) is 11.9. The molecule has 1 aliphatic heterocycles. The van der Waals surface area contributed by atoms with Gasteiger partial charge in [0.25, 0.3) is 0 Å². The number of benzene rings is 2. The van der Waals surface area contributed by atoms with E-state index in [1.54, 1.807) is 29.5 Å². The van der Waals surface area contributed by atoms with Crippen LogP contribution in [0.5, 0.6) is 0 Å². The van der Waals surface area contributed by atoms with Gasteiger partial charge in [-0.3, -0.25) is 0 Å². The standard InChI is InChI=1S/C26H21Cl2N3O4S/c27-17-2-1-3-18(28)21(17)22-16(23(35-30-22)12-4-5-12)11-34-24-14-9-31(10-15(14)24)26-29-19-7-6-13(25(32)33)8-20(19)36-26/h1-3,6-8,12,14-15,24H,4-5,9-11H2,(H,32,33). The second-order valence-corrected chi connectivity index (χ2v) is 11.6. The average Bonchev–Trinajstić information content (AvgIpc) is 3.62. The van der Waals surface area contributed by atoms with E-state index in [-0.39, 0.29) is 11.7 Å². The number of carboxylic acids is 1. The second-order valence-electron chi connectivity index (χ2n) is 9.74. The van der Waals surface area contributed by atoms with Gasteiger partial charge in [-0.25, -0.2) is 9.78 Å². The van der Waals surface area contributed by atoms with Crippen LogP contribution in [0.25, 0.3) is 21.5 Å². The number of thiazole rings is 1. The molecular formula is C26H21Cl2N3O4S. The number of ether oxygens (including phenoxy) is 1. The fourth-order valence-corrected chi connectivity index (χ4v) is 6.88. The summed E-state index contributed by atoms with van der Waals surface area (Å²) < 4.78 is 13.1. The summed E-state index contributed by atoms with van der Waals surface area (Å²) in [5, 5.41) is 15.6. The molecule has 2 aliphatic carbocycles. The number of aromatic nitrogens is 2. The van der Waals surface area contributed by atoms with Gasteiger partial charge in [0.2, 0.25) is 0 Å². The average molecular weight is 542 g/mol. The highest BCUT2D eigenvalue weighted by atomic mass is 35.5. The molecule has 7 rings (SSSR count). The van der Waals surface area contributed by atoms with Gasteiger partial charge in [0.15, 0.2) is 5.13 Å². The quantitative estimate of drug-likeness (QED) is 0.286. The molecule has 2 saturated carbocycles. The summed E-state index contributed by atoms with van der Waals surface area (Å²) in [5.74, 6) is 1.25. The molecule has 0 amide bonds. The minimum Gasteiger partial charge on any atom is -0.478 e. The predicted molar refractivity (Wildman–Crippen MR) is 138 cm³/mol. The highest BCUT2D eigenvalue weighted by Crippen LogP contribution is 2.51. The molecule has 10 heteroatoms. The van der Waals surface area contributed by atoms with Gasteiger partial charge >= 0.3 is 5.97 Å². The number of hydrogen-bond acceptors (Lipinski definition) is 7. The van der Waals surface area contributed by atoms with E-state index in [1.165, 1.54) is 0 Å². The van der Waals surface area contributed by atoms with Crippen molar-refractivity contribution in [1.82, 2.24) is 10.1 Å². The Labute approximate surface area is 220 Å². The highest BCUT2D eigenvalue weighted by Gasteiger charge is 2.57. The summed E-state index contributed by atoms with van der Waals surface area (Å²) >= 11 is 14.5. The lowest BCUT2D eigenvalue weighted by Crippen LogP contribution is -2.25. The molecule has 184 valence electrons. The summed E-state index contributed by atoms with van der Waals surface area (Å²) in [7, 11) is 0. The first kappa shape index (κ1) is 22.5. The number of aromatic carboxylic acids is 1. The van der Waals surface area contributed by atoms with Gasteiger partial charge in [0.05, 0.1) is 38.5 Å². The Morgan fingerprint density at radius 1 is 1.17 bits per heavy atom. The number of carboxylic acid groups (broad SMARTS) is 1. The zero-order valence-electron chi connectivity index (χ0n) is 19.0. The van der Waals surface area contributed by atoms with E-state index >= 15 is 0 Å². The molecule has 2 aromatic heterocycles. The maximum absolute atomic E-state index is 11.3. The molecule has 2 atom stereocenters. The van der Waals surface area contributed by atoms with Crippen LogP contribution in [0.2, 0.25) is 10.0 Å². The minimum absolute atomic E-state index is 0.186. The van der Waals surface area contributed by atoms with Crippen molar-refractivity contribution in [1.29, 1.82) is 0 Å². The molecule has 2 aromatic carbocycles. The molecule has 36 heavy (non-hydrogen) atoms. The lowest BCUT2D eigenvalue weighted by atomic mass is 10.0. The van der Waals surface area contributed by atoms with Crippen LogP contribution < -0.4 is 4.90 Å². The van der Waals surface area contributed by atoms with E-state index < -0.39 is 5.97 Å². The molecule has 3 aliphatic rings. The third-order valence-corrected chi connectivity index (χ3v) is 9.11. The van der Waals surface area contributed by atoms with Gasteiger partial charge in [0, 0.05) is 42.0 Å². The summed E-state index contributed by atoms with van der Waals surface area (Å²) in [6.07, 6.45) is 2.38. The van der Waals surface area contributed by atoms with Crippen molar-refractivity contribution in [3.63, 3.8) is 0 Å². The number of rotatable bonds is 7. The molecule has 4 aromatic rings. The van der Waals surface area contributed by atoms with Crippen LogP contribution in [0, 0.1) is 11.8 Å². The van der Waals surface area contributed by atoms with E-state index in [0.717, 1.165) is 52.6 Å². The van der Waals surface area contributed by atoms with E-state index in [2.05, 4.69) is 10.1 Å². The Kier molecular flexibility index (Phi) is 5.29. The third kappa shape index (κ3) is 3.78. The zero-order valence-corrected chi connectivity index (χ0v) is 21.3. The van der Waals surface area contributed by atoms with E-state index in [9.17, 15) is 9.90 Å². The lowest BCUT2D eigenvalue weighted by molar-refractivity contribution is 0.0697. The molecule has 1 N–H and O–H groups in total. The third-order valence-electron chi connectivity index (χ3n) is 7.40. The van der Waals surface area contributed by atoms with Gasteiger partial charge in [0.1, 0.15) is 11.5 Å². The maximum Gasteiger partial charge on any atom is 0.335 e.